The fraction of sp³-hybridized carbons (Fsp3) is 0.200. The Kier molecular flexibility index (Phi) is 6.96. The Balaban J connectivity index is 1.77. The third kappa shape index (κ3) is 5.31. The van der Waals surface area contributed by atoms with Crippen molar-refractivity contribution in [1.82, 2.24) is 14.8 Å². The molecule has 0 radical (unpaired) electrons. The molecule has 0 fully saturated rings. The van der Waals surface area contributed by atoms with Crippen LogP contribution < -0.4 is 15.8 Å². The van der Waals surface area contributed by atoms with E-state index in [-0.39, 0.29) is 18.2 Å². The number of halogens is 1. The molecule has 0 saturated heterocycles. The molecule has 2 amide bonds. The molecule has 1 aromatic heterocycles. The number of benzene rings is 2. The van der Waals surface area contributed by atoms with Crippen LogP contribution in [0.25, 0.3) is 11.4 Å². The van der Waals surface area contributed by atoms with E-state index in [9.17, 15) is 9.59 Å². The predicted molar refractivity (Wildman–Crippen MR) is 117 cm³/mol. The summed E-state index contributed by atoms with van der Waals surface area (Å²) in [6.07, 6.45) is 0. The summed E-state index contributed by atoms with van der Waals surface area (Å²) in [5, 5.41) is 12.0. The smallest absolute Gasteiger partial charge is 0.237 e. The molecule has 0 aliphatic carbocycles. The van der Waals surface area contributed by atoms with Gasteiger partial charge in [-0.1, -0.05) is 47.1 Å². The minimum absolute atomic E-state index is 0.0420. The van der Waals surface area contributed by atoms with Crippen molar-refractivity contribution in [3.8, 4) is 17.1 Å². The molecule has 2 aromatic carbocycles. The number of rotatable bonds is 8. The first kappa shape index (κ1) is 21.7. The Morgan fingerprint density at radius 3 is 2.73 bits per heavy atom. The van der Waals surface area contributed by atoms with Crippen LogP contribution in [0, 0.1) is 6.92 Å². The zero-order valence-electron chi connectivity index (χ0n) is 16.4. The molecule has 0 saturated carbocycles. The van der Waals surface area contributed by atoms with Gasteiger partial charge in [-0.2, -0.15) is 0 Å². The second kappa shape index (κ2) is 9.64. The molecule has 0 bridgehead atoms. The summed E-state index contributed by atoms with van der Waals surface area (Å²) in [7, 11) is 1.51. The molecule has 8 nitrogen and oxygen atoms in total. The van der Waals surface area contributed by atoms with Crippen LogP contribution in [-0.4, -0.2) is 39.4 Å². The van der Waals surface area contributed by atoms with Crippen LogP contribution in [-0.2, 0) is 16.1 Å². The van der Waals surface area contributed by atoms with Crippen LogP contribution >= 0.6 is 23.4 Å². The van der Waals surface area contributed by atoms with Crippen molar-refractivity contribution in [2.45, 2.75) is 18.6 Å². The summed E-state index contributed by atoms with van der Waals surface area (Å²) in [5.74, 6) is 0.235. The number of amides is 2. The predicted octanol–water partition coefficient (Wildman–Crippen LogP) is 3.13. The Hall–Kier alpha value is -3.04. The van der Waals surface area contributed by atoms with Crippen LogP contribution in [0.1, 0.15) is 5.56 Å². The van der Waals surface area contributed by atoms with Gasteiger partial charge in [-0.3, -0.25) is 14.2 Å². The van der Waals surface area contributed by atoms with E-state index in [0.717, 1.165) is 22.9 Å². The van der Waals surface area contributed by atoms with Gasteiger partial charge in [-0.25, -0.2) is 0 Å². The Morgan fingerprint density at radius 2 is 2.03 bits per heavy atom. The first-order valence-electron chi connectivity index (χ1n) is 8.92. The van der Waals surface area contributed by atoms with E-state index >= 15 is 0 Å². The minimum Gasteiger partial charge on any atom is -0.495 e. The summed E-state index contributed by atoms with van der Waals surface area (Å²) < 4.78 is 6.84. The van der Waals surface area contributed by atoms with Gasteiger partial charge >= 0.3 is 0 Å². The highest BCUT2D eigenvalue weighted by atomic mass is 35.5. The van der Waals surface area contributed by atoms with Gasteiger partial charge in [0, 0.05) is 10.6 Å². The van der Waals surface area contributed by atoms with E-state index in [2.05, 4.69) is 15.5 Å². The average molecular weight is 446 g/mol. The van der Waals surface area contributed by atoms with Gasteiger partial charge in [0.25, 0.3) is 0 Å². The summed E-state index contributed by atoms with van der Waals surface area (Å²) in [6.45, 7) is 1.87. The van der Waals surface area contributed by atoms with Gasteiger partial charge in [0.15, 0.2) is 11.0 Å². The lowest BCUT2D eigenvalue weighted by Gasteiger charge is -2.11. The van der Waals surface area contributed by atoms with Crippen molar-refractivity contribution in [3.05, 3.63) is 53.1 Å². The van der Waals surface area contributed by atoms with Gasteiger partial charge in [0.2, 0.25) is 11.8 Å². The van der Waals surface area contributed by atoms with Crippen LogP contribution in [0.5, 0.6) is 5.75 Å². The second-order valence-electron chi connectivity index (χ2n) is 6.41. The van der Waals surface area contributed by atoms with Crippen molar-refractivity contribution in [2.75, 3.05) is 18.2 Å². The summed E-state index contributed by atoms with van der Waals surface area (Å²) in [6, 6.07) is 12.6. The number of anilines is 1. The van der Waals surface area contributed by atoms with E-state index in [1.165, 1.54) is 7.11 Å². The number of nitrogens with zero attached hydrogens (tertiary/aromatic N) is 3. The first-order chi connectivity index (χ1) is 14.4. The molecule has 1 heterocycles. The van der Waals surface area contributed by atoms with Crippen molar-refractivity contribution in [1.29, 1.82) is 0 Å². The van der Waals surface area contributed by atoms with Crippen LogP contribution in [0.3, 0.4) is 0 Å². The fourth-order valence-electron chi connectivity index (χ4n) is 2.79. The lowest BCUT2D eigenvalue weighted by atomic mass is 10.1. The van der Waals surface area contributed by atoms with Crippen LogP contribution in [0.4, 0.5) is 5.69 Å². The Bertz CT molecular complexity index is 1090. The molecule has 0 aliphatic rings. The molecule has 0 spiro atoms. The van der Waals surface area contributed by atoms with Crippen molar-refractivity contribution in [3.63, 3.8) is 0 Å². The van der Waals surface area contributed by atoms with E-state index in [4.69, 9.17) is 22.1 Å². The Labute approximate surface area is 182 Å². The summed E-state index contributed by atoms with van der Waals surface area (Å²) in [4.78, 5) is 24.0. The molecular formula is C20H20ClN5O3S. The number of nitrogens with one attached hydrogen (secondary N) is 1. The largest absolute Gasteiger partial charge is 0.495 e. The number of methoxy groups -OCH3 is 1. The maximum atomic E-state index is 12.4. The number of primary amides is 1. The zero-order chi connectivity index (χ0) is 21.7. The highest BCUT2D eigenvalue weighted by molar-refractivity contribution is 7.99. The van der Waals surface area contributed by atoms with Crippen LogP contribution in [0.2, 0.25) is 5.02 Å². The SMILES string of the molecule is COc1ccc(Cl)cc1NC(=O)CSc1nnc(-c2cccc(C)c2)n1CC(N)=O. The number of hydrogen-bond acceptors (Lipinski definition) is 6. The molecule has 10 heteroatoms. The molecular weight excluding hydrogens is 426 g/mol. The fourth-order valence-corrected chi connectivity index (χ4v) is 3.70. The van der Waals surface area contributed by atoms with Crippen LogP contribution in [0.15, 0.2) is 47.6 Å². The molecule has 3 aromatic rings. The quantitative estimate of drug-likeness (QED) is 0.515. The molecule has 156 valence electrons. The van der Waals surface area contributed by atoms with Gasteiger partial charge in [-0.05, 0) is 31.2 Å². The van der Waals surface area contributed by atoms with Gasteiger partial charge in [0.05, 0.1) is 18.6 Å². The first-order valence-corrected chi connectivity index (χ1v) is 10.3. The van der Waals surface area contributed by atoms with E-state index < -0.39 is 5.91 Å². The maximum Gasteiger partial charge on any atom is 0.237 e. The molecule has 0 unspecified atom stereocenters. The molecule has 3 N–H and O–H groups in total. The van der Waals surface area contributed by atoms with Crippen molar-refractivity contribution >= 4 is 40.9 Å². The number of thioether (sulfide) groups is 1. The Morgan fingerprint density at radius 1 is 1.23 bits per heavy atom. The zero-order valence-corrected chi connectivity index (χ0v) is 18.0. The number of hydrogen-bond donors (Lipinski definition) is 2. The van der Waals surface area contributed by atoms with Gasteiger partial charge < -0.3 is 15.8 Å². The maximum absolute atomic E-state index is 12.4. The lowest BCUT2D eigenvalue weighted by Crippen LogP contribution is -2.20. The van der Waals surface area contributed by atoms with E-state index in [1.54, 1.807) is 22.8 Å². The lowest BCUT2D eigenvalue weighted by molar-refractivity contribution is -0.118. The average Bonchev–Trinajstić information content (AvgIpc) is 3.08. The number of carbonyl (C=O) groups excluding carboxylic acids is 2. The van der Waals surface area contributed by atoms with Crippen molar-refractivity contribution < 1.29 is 14.3 Å². The summed E-state index contributed by atoms with van der Waals surface area (Å²) in [5.41, 5.74) is 7.73. The number of carbonyl (C=O) groups is 2. The molecule has 30 heavy (non-hydrogen) atoms. The molecule has 3 rings (SSSR count). The van der Waals surface area contributed by atoms with Crippen molar-refractivity contribution in [2.24, 2.45) is 5.73 Å². The topological polar surface area (TPSA) is 112 Å². The standard InChI is InChI=1S/C20H20ClN5O3S/c1-12-4-3-5-13(8-12)19-24-25-20(26(19)10-17(22)27)30-11-18(28)23-15-9-14(21)6-7-16(15)29-2/h3-9H,10-11H2,1-2H3,(H2,22,27)(H,23,28). The second-order valence-corrected chi connectivity index (χ2v) is 7.79. The third-order valence-corrected chi connectivity index (χ3v) is 5.28. The highest BCUT2D eigenvalue weighted by Gasteiger charge is 2.18. The molecule has 0 atom stereocenters. The molecule has 0 aliphatic heterocycles. The normalized spacial score (nSPS) is 10.6. The summed E-state index contributed by atoms with van der Waals surface area (Å²) >= 11 is 7.14. The number of aryl methyl sites for hydroxylation is 1. The van der Waals surface area contributed by atoms with E-state index in [0.29, 0.717) is 27.4 Å². The number of ether oxygens (including phenoxy) is 1. The number of aromatic nitrogens is 3. The number of nitrogens with two attached hydrogens (primary N) is 1. The third-order valence-electron chi connectivity index (χ3n) is 4.08. The minimum atomic E-state index is -0.529. The van der Waals surface area contributed by atoms with E-state index in [1.807, 2.05) is 31.2 Å². The van der Waals surface area contributed by atoms with Gasteiger partial charge in [0.1, 0.15) is 12.3 Å². The highest BCUT2D eigenvalue weighted by Crippen LogP contribution is 2.29. The monoisotopic (exact) mass is 445 g/mol. The van der Waals surface area contributed by atoms with Gasteiger partial charge in [-0.15, -0.1) is 10.2 Å².